The number of halogens is 2. The van der Waals surface area contributed by atoms with Gasteiger partial charge < -0.3 is 15.3 Å². The maximum atomic E-state index is 13.0. The van der Waals surface area contributed by atoms with Gasteiger partial charge in [-0.2, -0.15) is 5.10 Å². The molecule has 1 fully saturated rings. The summed E-state index contributed by atoms with van der Waals surface area (Å²) in [4.78, 5) is 24.0. The highest BCUT2D eigenvalue weighted by Crippen LogP contribution is 2.26. The molecular weight excluding hydrogens is 298 g/mol. The van der Waals surface area contributed by atoms with E-state index < -0.39 is 30.4 Å². The number of aliphatic carboxylic acids is 1. The van der Waals surface area contributed by atoms with Crippen LogP contribution in [0.3, 0.4) is 0 Å². The molecule has 0 bridgehead atoms. The number of rotatable bonds is 5. The number of amides is 2. The first-order valence-corrected chi connectivity index (χ1v) is 6.88. The number of carboxylic acid groups (broad SMARTS) is 1. The van der Waals surface area contributed by atoms with Crippen LogP contribution < -0.4 is 5.32 Å². The molecule has 1 saturated heterocycles. The highest BCUT2D eigenvalue weighted by Gasteiger charge is 2.40. The third-order valence-electron chi connectivity index (χ3n) is 3.55. The number of alkyl halides is 2. The Labute approximate surface area is 125 Å². The Balaban J connectivity index is 1.86. The van der Waals surface area contributed by atoms with E-state index in [1.54, 1.807) is 24.1 Å². The summed E-state index contributed by atoms with van der Waals surface area (Å²) in [6.45, 7) is -0.774. The lowest BCUT2D eigenvalue weighted by Gasteiger charge is -2.19. The van der Waals surface area contributed by atoms with Crippen molar-refractivity contribution in [3.8, 4) is 0 Å². The summed E-state index contributed by atoms with van der Waals surface area (Å²) in [5, 5.41) is 15.6. The molecule has 0 spiro atoms. The number of carbonyl (C=O) groups excluding carboxylic acids is 1. The minimum absolute atomic E-state index is 0.0286. The van der Waals surface area contributed by atoms with Crippen LogP contribution in [-0.4, -0.2) is 57.3 Å². The molecule has 1 atom stereocenters. The van der Waals surface area contributed by atoms with Gasteiger partial charge >= 0.3 is 12.0 Å². The first-order valence-electron chi connectivity index (χ1n) is 6.88. The molecule has 1 aromatic heterocycles. The molecule has 1 aliphatic rings. The number of urea groups is 1. The van der Waals surface area contributed by atoms with Gasteiger partial charge in [-0.15, -0.1) is 0 Å². The zero-order chi connectivity index (χ0) is 16.3. The summed E-state index contributed by atoms with van der Waals surface area (Å²) >= 11 is 0. The summed E-state index contributed by atoms with van der Waals surface area (Å²) < 4.78 is 27.6. The number of carboxylic acids is 1. The summed E-state index contributed by atoms with van der Waals surface area (Å²) in [6, 6.07) is -0.658. The van der Waals surface area contributed by atoms with Gasteiger partial charge in [0.1, 0.15) is 0 Å². The van der Waals surface area contributed by atoms with E-state index in [0.717, 1.165) is 10.5 Å². The third-order valence-corrected chi connectivity index (χ3v) is 3.55. The zero-order valence-electron chi connectivity index (χ0n) is 12.1. The fourth-order valence-corrected chi connectivity index (χ4v) is 2.34. The highest BCUT2D eigenvalue weighted by molar-refractivity contribution is 5.76. The number of hydrogen-bond acceptors (Lipinski definition) is 3. The highest BCUT2D eigenvalue weighted by atomic mass is 19.3. The van der Waals surface area contributed by atoms with Crippen LogP contribution in [-0.2, 0) is 18.3 Å². The predicted octanol–water partition coefficient (Wildman–Crippen LogP) is 0.714. The Bertz CT molecular complexity index is 561. The molecule has 22 heavy (non-hydrogen) atoms. The Morgan fingerprint density at radius 3 is 2.77 bits per heavy atom. The molecule has 7 nitrogen and oxygen atoms in total. The molecule has 2 heterocycles. The van der Waals surface area contributed by atoms with Crippen molar-refractivity contribution in [3.05, 3.63) is 18.0 Å². The fourth-order valence-electron chi connectivity index (χ4n) is 2.34. The van der Waals surface area contributed by atoms with E-state index >= 15 is 0 Å². The lowest BCUT2D eigenvalue weighted by Crippen LogP contribution is -2.43. The van der Waals surface area contributed by atoms with Gasteiger partial charge in [0.2, 0.25) is 0 Å². The van der Waals surface area contributed by atoms with Gasteiger partial charge in [-0.05, 0) is 12.0 Å². The molecule has 0 radical (unpaired) electrons. The van der Waals surface area contributed by atoms with Crippen molar-refractivity contribution < 1.29 is 23.5 Å². The molecule has 1 unspecified atom stereocenters. The number of nitrogens with zero attached hydrogens (tertiary/aromatic N) is 3. The SMILES string of the molecule is Cn1cc(CC(CNC(=O)N2CCC(F)(F)C2)C(=O)O)cn1. The van der Waals surface area contributed by atoms with Crippen molar-refractivity contribution >= 4 is 12.0 Å². The van der Waals surface area contributed by atoms with Crippen molar-refractivity contribution in [1.82, 2.24) is 20.0 Å². The van der Waals surface area contributed by atoms with Gasteiger partial charge in [0.15, 0.2) is 0 Å². The van der Waals surface area contributed by atoms with Crippen LogP contribution in [0.1, 0.15) is 12.0 Å². The van der Waals surface area contributed by atoms with E-state index in [9.17, 15) is 23.5 Å². The maximum Gasteiger partial charge on any atom is 0.317 e. The van der Waals surface area contributed by atoms with Crippen molar-refractivity contribution in [1.29, 1.82) is 0 Å². The Kier molecular flexibility index (Phi) is 4.62. The summed E-state index contributed by atoms with van der Waals surface area (Å²) in [5.41, 5.74) is 0.733. The second-order valence-electron chi connectivity index (χ2n) is 5.48. The number of likely N-dealkylation sites (tertiary alicyclic amines) is 1. The standard InChI is InChI=1S/C13H18F2N4O3/c1-18-7-9(5-17-18)4-10(11(20)21)6-16-12(22)19-3-2-13(14,15)8-19/h5,7,10H,2-4,6,8H2,1H3,(H,16,22)(H,20,21). The Hall–Kier alpha value is -2.19. The zero-order valence-corrected chi connectivity index (χ0v) is 12.1. The third kappa shape index (κ3) is 4.15. The van der Waals surface area contributed by atoms with Gasteiger partial charge in [0.25, 0.3) is 5.92 Å². The minimum Gasteiger partial charge on any atom is -0.481 e. The van der Waals surface area contributed by atoms with E-state index in [2.05, 4.69) is 10.4 Å². The van der Waals surface area contributed by atoms with Crippen molar-refractivity contribution in [2.45, 2.75) is 18.8 Å². The fraction of sp³-hybridized carbons (Fsp3) is 0.615. The quantitative estimate of drug-likeness (QED) is 0.838. The lowest BCUT2D eigenvalue weighted by molar-refractivity contribution is -0.141. The lowest BCUT2D eigenvalue weighted by atomic mass is 10.0. The van der Waals surface area contributed by atoms with Crippen molar-refractivity contribution in [3.63, 3.8) is 0 Å². The average Bonchev–Trinajstić information content (AvgIpc) is 2.99. The minimum atomic E-state index is -2.86. The second kappa shape index (κ2) is 6.29. The normalized spacial score (nSPS) is 18.2. The van der Waals surface area contributed by atoms with Gasteiger partial charge in [0.05, 0.1) is 18.7 Å². The van der Waals surface area contributed by atoms with E-state index in [1.807, 2.05) is 0 Å². The molecule has 122 valence electrons. The maximum absolute atomic E-state index is 13.0. The first-order chi connectivity index (χ1) is 10.3. The van der Waals surface area contributed by atoms with Gasteiger partial charge in [0, 0.05) is 32.8 Å². The van der Waals surface area contributed by atoms with E-state index in [-0.39, 0.29) is 25.9 Å². The number of hydrogen-bond donors (Lipinski definition) is 2. The molecule has 2 N–H and O–H groups in total. The molecule has 0 aromatic carbocycles. The van der Waals surface area contributed by atoms with E-state index in [0.29, 0.717) is 0 Å². The van der Waals surface area contributed by atoms with Gasteiger partial charge in [-0.25, -0.2) is 13.6 Å². The summed E-state index contributed by atoms with van der Waals surface area (Å²) in [5.74, 6) is -4.76. The van der Waals surface area contributed by atoms with E-state index in [1.165, 1.54) is 0 Å². The smallest absolute Gasteiger partial charge is 0.317 e. The van der Waals surface area contributed by atoms with Crippen LogP contribution in [0.5, 0.6) is 0 Å². The van der Waals surface area contributed by atoms with E-state index in [4.69, 9.17) is 0 Å². The number of aryl methyl sites for hydroxylation is 1. The topological polar surface area (TPSA) is 87.5 Å². The summed E-state index contributed by atoms with van der Waals surface area (Å²) in [7, 11) is 1.72. The van der Waals surface area contributed by atoms with Crippen LogP contribution in [0.15, 0.2) is 12.4 Å². The Morgan fingerprint density at radius 1 is 1.55 bits per heavy atom. The molecule has 2 rings (SSSR count). The van der Waals surface area contributed by atoms with Crippen LogP contribution in [0, 0.1) is 5.92 Å². The molecule has 2 amide bonds. The van der Waals surface area contributed by atoms with Crippen molar-refractivity contribution in [2.24, 2.45) is 13.0 Å². The Morgan fingerprint density at radius 2 is 2.27 bits per heavy atom. The average molecular weight is 316 g/mol. The van der Waals surface area contributed by atoms with Crippen LogP contribution in [0.25, 0.3) is 0 Å². The van der Waals surface area contributed by atoms with Gasteiger partial charge in [-0.3, -0.25) is 9.48 Å². The molecule has 1 aromatic rings. The van der Waals surface area contributed by atoms with Crippen LogP contribution >= 0.6 is 0 Å². The summed E-state index contributed by atoms with van der Waals surface area (Å²) in [6.07, 6.45) is 3.09. The largest absolute Gasteiger partial charge is 0.481 e. The number of carbonyl (C=O) groups is 2. The second-order valence-corrected chi connectivity index (χ2v) is 5.48. The van der Waals surface area contributed by atoms with Crippen LogP contribution in [0.4, 0.5) is 13.6 Å². The monoisotopic (exact) mass is 316 g/mol. The first kappa shape index (κ1) is 16.2. The molecule has 1 aliphatic heterocycles. The van der Waals surface area contributed by atoms with Crippen LogP contribution in [0.2, 0.25) is 0 Å². The predicted molar refractivity (Wildman–Crippen MR) is 72.6 cm³/mol. The molecular formula is C13H18F2N4O3. The van der Waals surface area contributed by atoms with Gasteiger partial charge in [-0.1, -0.05) is 0 Å². The molecule has 0 saturated carbocycles. The number of aromatic nitrogens is 2. The number of nitrogens with one attached hydrogen (secondary N) is 1. The molecule has 0 aliphatic carbocycles. The molecule has 9 heteroatoms. The van der Waals surface area contributed by atoms with Crippen molar-refractivity contribution in [2.75, 3.05) is 19.6 Å².